The van der Waals surface area contributed by atoms with Gasteiger partial charge in [-0.15, -0.1) is 0 Å². The van der Waals surface area contributed by atoms with E-state index in [-0.39, 0.29) is 0 Å². The first-order valence-corrected chi connectivity index (χ1v) is 6.86. The van der Waals surface area contributed by atoms with E-state index in [1.54, 1.807) is 5.57 Å². The molecule has 0 radical (unpaired) electrons. The van der Waals surface area contributed by atoms with Crippen LogP contribution in [0.25, 0.3) is 0 Å². The van der Waals surface area contributed by atoms with Crippen LogP contribution in [0.1, 0.15) is 52.4 Å². The van der Waals surface area contributed by atoms with E-state index in [9.17, 15) is 0 Å². The molecule has 1 aliphatic rings. The van der Waals surface area contributed by atoms with Crippen LogP contribution in [0.2, 0.25) is 0 Å². The van der Waals surface area contributed by atoms with Crippen LogP contribution in [0.4, 0.5) is 0 Å². The summed E-state index contributed by atoms with van der Waals surface area (Å²) in [6, 6.07) is 0. The second-order valence-corrected chi connectivity index (χ2v) is 5.12. The summed E-state index contributed by atoms with van der Waals surface area (Å²) in [5.74, 6) is 0. The largest absolute Gasteiger partial charge is 0.373 e. The Labute approximate surface area is 101 Å². The molecule has 1 aliphatic heterocycles. The van der Waals surface area contributed by atoms with E-state index < -0.39 is 0 Å². The maximum Gasteiger partial charge on any atom is 0.0881 e. The van der Waals surface area contributed by atoms with E-state index in [4.69, 9.17) is 4.74 Å². The van der Waals surface area contributed by atoms with Gasteiger partial charge in [-0.2, -0.15) is 0 Å². The zero-order chi connectivity index (χ0) is 10.4. The van der Waals surface area contributed by atoms with Crippen molar-refractivity contribution in [2.75, 3.05) is 6.61 Å². The Bertz CT molecular complexity index is 184. The van der Waals surface area contributed by atoms with E-state index in [0.717, 1.165) is 6.61 Å². The lowest BCUT2D eigenvalue weighted by Crippen LogP contribution is -2.07. The van der Waals surface area contributed by atoms with Gasteiger partial charge < -0.3 is 4.74 Å². The Balaban J connectivity index is 2.62. The lowest BCUT2D eigenvalue weighted by atomic mass is 10.0. The van der Waals surface area contributed by atoms with Crippen molar-refractivity contribution in [3.05, 3.63) is 9.15 Å². The first kappa shape index (κ1) is 12.5. The number of hydrogen-bond donors (Lipinski definition) is 0. The molecule has 0 spiro atoms. The normalized spacial score (nSPS) is 21.2. The van der Waals surface area contributed by atoms with Gasteiger partial charge in [-0.05, 0) is 48.3 Å². The van der Waals surface area contributed by atoms with Gasteiger partial charge in [0.1, 0.15) is 0 Å². The molecule has 0 N–H and O–H groups in total. The second-order valence-electron chi connectivity index (χ2n) is 3.95. The Kier molecular flexibility index (Phi) is 6.10. The van der Waals surface area contributed by atoms with Gasteiger partial charge in [-0.25, -0.2) is 0 Å². The molecule has 1 saturated heterocycles. The second kappa shape index (κ2) is 6.83. The molecule has 82 valence electrons. The summed E-state index contributed by atoms with van der Waals surface area (Å²) in [5.41, 5.74) is 1.64. The van der Waals surface area contributed by atoms with Gasteiger partial charge >= 0.3 is 0 Å². The van der Waals surface area contributed by atoms with Crippen molar-refractivity contribution >= 4 is 22.6 Å². The van der Waals surface area contributed by atoms with E-state index in [1.165, 1.54) is 42.1 Å². The quantitative estimate of drug-likeness (QED) is 0.682. The Morgan fingerprint density at radius 1 is 1.29 bits per heavy atom. The molecule has 0 saturated carbocycles. The van der Waals surface area contributed by atoms with Crippen molar-refractivity contribution in [1.82, 2.24) is 0 Å². The first-order valence-electron chi connectivity index (χ1n) is 5.78. The first-order chi connectivity index (χ1) is 6.79. The minimum atomic E-state index is 0.434. The lowest BCUT2D eigenvalue weighted by molar-refractivity contribution is 0.143. The van der Waals surface area contributed by atoms with Crippen molar-refractivity contribution in [1.29, 1.82) is 0 Å². The zero-order valence-electron chi connectivity index (χ0n) is 9.31. The van der Waals surface area contributed by atoms with Gasteiger partial charge in [-0.3, -0.25) is 0 Å². The number of halogens is 1. The van der Waals surface area contributed by atoms with Crippen LogP contribution in [-0.2, 0) is 4.74 Å². The van der Waals surface area contributed by atoms with E-state index >= 15 is 0 Å². The molecule has 0 aromatic heterocycles. The molecule has 1 rings (SSSR count). The fourth-order valence-corrected chi connectivity index (χ4v) is 3.00. The summed E-state index contributed by atoms with van der Waals surface area (Å²) >= 11 is 2.51. The van der Waals surface area contributed by atoms with E-state index in [0.29, 0.717) is 6.10 Å². The van der Waals surface area contributed by atoms with Crippen molar-refractivity contribution in [3.8, 4) is 0 Å². The molecule has 0 aromatic rings. The molecule has 1 fully saturated rings. The smallest absolute Gasteiger partial charge is 0.0881 e. The standard InChI is InChI=1S/C12H21IO/c1-3-6-10(7-4-2)12(13)11-8-5-9-14-11/h11H,3-9H2,1-2H3. The van der Waals surface area contributed by atoms with Gasteiger partial charge in [0.25, 0.3) is 0 Å². The molecule has 1 heterocycles. The van der Waals surface area contributed by atoms with Crippen molar-refractivity contribution in [2.45, 2.75) is 58.5 Å². The Morgan fingerprint density at radius 3 is 2.36 bits per heavy atom. The van der Waals surface area contributed by atoms with Crippen LogP contribution in [0.3, 0.4) is 0 Å². The Morgan fingerprint density at radius 2 is 1.93 bits per heavy atom. The van der Waals surface area contributed by atoms with Gasteiger partial charge in [0, 0.05) is 10.2 Å². The van der Waals surface area contributed by atoms with Crippen LogP contribution in [0, 0.1) is 0 Å². The maximum atomic E-state index is 5.72. The SMILES string of the molecule is CCCC(CCC)=C(I)C1CCCO1. The molecule has 14 heavy (non-hydrogen) atoms. The number of allylic oxidation sites excluding steroid dienone is 1. The number of ether oxygens (including phenoxy) is 1. The fraction of sp³-hybridized carbons (Fsp3) is 0.833. The van der Waals surface area contributed by atoms with Crippen LogP contribution >= 0.6 is 22.6 Å². The topological polar surface area (TPSA) is 9.23 Å². The predicted octanol–water partition coefficient (Wildman–Crippen LogP) is 4.45. The number of rotatable bonds is 5. The molecule has 0 aromatic carbocycles. The predicted molar refractivity (Wildman–Crippen MR) is 69.8 cm³/mol. The van der Waals surface area contributed by atoms with Gasteiger partial charge in [-0.1, -0.05) is 32.3 Å². The summed E-state index contributed by atoms with van der Waals surface area (Å²) in [6.07, 6.45) is 7.93. The van der Waals surface area contributed by atoms with Crippen LogP contribution in [-0.4, -0.2) is 12.7 Å². The molecule has 0 amide bonds. The van der Waals surface area contributed by atoms with Gasteiger partial charge in [0.05, 0.1) is 6.10 Å². The highest BCUT2D eigenvalue weighted by Gasteiger charge is 2.20. The third-order valence-corrected chi connectivity index (χ3v) is 4.11. The maximum absolute atomic E-state index is 5.72. The molecule has 1 atom stereocenters. The minimum absolute atomic E-state index is 0.434. The van der Waals surface area contributed by atoms with E-state index in [2.05, 4.69) is 36.4 Å². The summed E-state index contributed by atoms with van der Waals surface area (Å²) in [5, 5.41) is 0. The number of hydrogen-bond acceptors (Lipinski definition) is 1. The fourth-order valence-electron chi connectivity index (χ4n) is 1.97. The highest BCUT2D eigenvalue weighted by atomic mass is 127. The molecule has 2 heteroatoms. The monoisotopic (exact) mass is 308 g/mol. The zero-order valence-corrected chi connectivity index (χ0v) is 11.5. The molecule has 1 unspecified atom stereocenters. The summed E-state index contributed by atoms with van der Waals surface area (Å²) in [4.78, 5) is 0. The molecule has 0 bridgehead atoms. The third kappa shape index (κ3) is 3.54. The van der Waals surface area contributed by atoms with Crippen molar-refractivity contribution < 1.29 is 4.74 Å². The van der Waals surface area contributed by atoms with E-state index in [1.807, 2.05) is 0 Å². The molecule has 0 aliphatic carbocycles. The van der Waals surface area contributed by atoms with Gasteiger partial charge in [0.2, 0.25) is 0 Å². The van der Waals surface area contributed by atoms with Crippen molar-refractivity contribution in [2.24, 2.45) is 0 Å². The minimum Gasteiger partial charge on any atom is -0.373 e. The lowest BCUT2D eigenvalue weighted by Gasteiger charge is -2.14. The highest BCUT2D eigenvalue weighted by molar-refractivity contribution is 14.1. The van der Waals surface area contributed by atoms with Crippen molar-refractivity contribution in [3.63, 3.8) is 0 Å². The molecular weight excluding hydrogens is 287 g/mol. The Hall–Kier alpha value is 0.430. The highest BCUT2D eigenvalue weighted by Crippen LogP contribution is 2.31. The average molecular weight is 308 g/mol. The van der Waals surface area contributed by atoms with Crippen LogP contribution in [0.15, 0.2) is 9.15 Å². The summed E-state index contributed by atoms with van der Waals surface area (Å²) in [6.45, 7) is 5.48. The van der Waals surface area contributed by atoms with Gasteiger partial charge in [0.15, 0.2) is 0 Å². The summed E-state index contributed by atoms with van der Waals surface area (Å²) < 4.78 is 7.23. The summed E-state index contributed by atoms with van der Waals surface area (Å²) in [7, 11) is 0. The van der Waals surface area contributed by atoms with Crippen LogP contribution < -0.4 is 0 Å². The molecular formula is C12H21IO. The molecule has 1 nitrogen and oxygen atoms in total. The average Bonchev–Trinajstić information content (AvgIpc) is 2.69. The third-order valence-electron chi connectivity index (χ3n) is 2.65. The van der Waals surface area contributed by atoms with Crippen LogP contribution in [0.5, 0.6) is 0 Å².